The number of sulfonamides is 1. The van der Waals surface area contributed by atoms with E-state index in [9.17, 15) is 35.9 Å². The number of aliphatic hydroxyl groups is 1. The Balaban J connectivity index is 1.48. The molecule has 6 rings (SSSR count). The van der Waals surface area contributed by atoms with E-state index in [0.717, 1.165) is 27.6 Å². The minimum absolute atomic E-state index is 0.177. The number of hydrogen-bond acceptors (Lipinski definition) is 8. The zero-order chi connectivity index (χ0) is 30.1. The van der Waals surface area contributed by atoms with Gasteiger partial charge in [-0.3, -0.25) is 9.78 Å². The highest BCUT2D eigenvalue weighted by Crippen LogP contribution is 2.51. The first kappa shape index (κ1) is 28.1. The fourth-order valence-electron chi connectivity index (χ4n) is 5.83. The summed E-state index contributed by atoms with van der Waals surface area (Å²) in [6, 6.07) is 6.78. The van der Waals surface area contributed by atoms with Crippen molar-refractivity contribution in [3.63, 3.8) is 0 Å². The number of aromatic nitrogens is 6. The third kappa shape index (κ3) is 4.40. The van der Waals surface area contributed by atoms with Crippen LogP contribution in [0, 0.1) is 11.2 Å². The maximum Gasteiger partial charge on any atom is 0.416 e. The zero-order valence-electron chi connectivity index (χ0n) is 22.0. The molecule has 0 saturated carbocycles. The van der Waals surface area contributed by atoms with Gasteiger partial charge in [0.2, 0.25) is 5.03 Å². The minimum atomic E-state index is -4.77. The number of piperidine rings is 1. The molecule has 1 aliphatic carbocycles. The molecule has 0 spiro atoms. The van der Waals surface area contributed by atoms with E-state index in [0.29, 0.717) is 23.0 Å². The van der Waals surface area contributed by atoms with Gasteiger partial charge in [0.15, 0.2) is 5.78 Å². The molecule has 220 valence electrons. The summed E-state index contributed by atoms with van der Waals surface area (Å²) in [4.78, 5) is 19.2. The fourth-order valence-corrected chi connectivity index (χ4v) is 7.22. The molecule has 1 N–H and O–H groups in total. The number of halogens is 4. The Morgan fingerprint density at radius 1 is 1.07 bits per heavy atom. The van der Waals surface area contributed by atoms with Gasteiger partial charge in [-0.15, -0.1) is 5.10 Å². The molecule has 4 aromatic rings. The van der Waals surface area contributed by atoms with E-state index in [1.54, 1.807) is 0 Å². The zero-order valence-corrected chi connectivity index (χ0v) is 22.8. The second-order valence-corrected chi connectivity index (χ2v) is 12.4. The standard InChI is InChI=1S/C26H23F4N7O4S/c1-35-32-14-22(34-35)42(40,41)36-9-7-25(39)12-21-16(13-33-37(21)19-4-2-18(27)3-5-19)11-24(25,15-36)23(38)20-10-17(6-8-31-20)26(28,29)30/h2-6,8,10,13-14,39H,7,9,11-12,15H2,1H3/t24-,25-/m1/s1. The maximum atomic E-state index is 14.3. The summed E-state index contributed by atoms with van der Waals surface area (Å²) in [6.07, 6.45) is -2.08. The lowest BCUT2D eigenvalue weighted by Crippen LogP contribution is -2.67. The smallest absolute Gasteiger partial charge is 0.388 e. The van der Waals surface area contributed by atoms with E-state index in [2.05, 4.69) is 20.3 Å². The second-order valence-electron chi connectivity index (χ2n) is 10.5. The van der Waals surface area contributed by atoms with Crippen molar-refractivity contribution in [3.8, 4) is 5.69 Å². The van der Waals surface area contributed by atoms with Crippen LogP contribution in [0.4, 0.5) is 17.6 Å². The molecule has 11 nitrogen and oxygen atoms in total. The Morgan fingerprint density at radius 2 is 1.81 bits per heavy atom. The lowest BCUT2D eigenvalue weighted by atomic mass is 9.57. The van der Waals surface area contributed by atoms with Crippen molar-refractivity contribution < 1.29 is 35.9 Å². The predicted octanol–water partition coefficient (Wildman–Crippen LogP) is 2.35. The number of rotatable bonds is 5. The topological polar surface area (TPSA) is 136 Å². The highest BCUT2D eigenvalue weighted by molar-refractivity contribution is 7.89. The first-order chi connectivity index (χ1) is 19.7. The molecule has 1 saturated heterocycles. The number of alkyl halides is 3. The quantitative estimate of drug-likeness (QED) is 0.271. The first-order valence-electron chi connectivity index (χ1n) is 12.7. The molecular weight excluding hydrogens is 582 g/mol. The third-order valence-electron chi connectivity index (χ3n) is 8.03. The first-order valence-corrected chi connectivity index (χ1v) is 14.2. The van der Waals surface area contributed by atoms with Crippen LogP contribution in [0.2, 0.25) is 0 Å². The molecule has 3 aromatic heterocycles. The average Bonchev–Trinajstić information content (AvgIpc) is 3.56. The van der Waals surface area contributed by atoms with Gasteiger partial charge in [0.05, 0.1) is 40.4 Å². The van der Waals surface area contributed by atoms with Crippen molar-refractivity contribution in [2.24, 2.45) is 12.5 Å². The fraction of sp³-hybridized carbons (Fsp3) is 0.346. The number of fused-ring (bicyclic) bond motifs is 2. The summed E-state index contributed by atoms with van der Waals surface area (Å²) in [6.45, 7) is -0.763. The molecule has 4 heterocycles. The molecule has 1 fully saturated rings. The highest BCUT2D eigenvalue weighted by atomic mass is 32.2. The predicted molar refractivity (Wildman–Crippen MR) is 136 cm³/mol. The van der Waals surface area contributed by atoms with Gasteiger partial charge < -0.3 is 5.11 Å². The summed E-state index contributed by atoms with van der Waals surface area (Å²) in [5, 5.41) is 23.9. The monoisotopic (exact) mass is 605 g/mol. The average molecular weight is 606 g/mol. The minimum Gasteiger partial charge on any atom is -0.388 e. The Hall–Kier alpha value is -4.02. The molecule has 0 amide bonds. The van der Waals surface area contributed by atoms with Gasteiger partial charge in [0.25, 0.3) is 10.0 Å². The molecule has 2 atom stereocenters. The van der Waals surface area contributed by atoms with E-state index in [1.807, 2.05) is 0 Å². The van der Waals surface area contributed by atoms with Gasteiger partial charge in [-0.2, -0.15) is 32.5 Å². The van der Waals surface area contributed by atoms with Gasteiger partial charge >= 0.3 is 6.18 Å². The van der Waals surface area contributed by atoms with Crippen molar-refractivity contribution >= 4 is 15.8 Å². The van der Waals surface area contributed by atoms with Gasteiger partial charge in [0.1, 0.15) is 11.5 Å². The number of aryl methyl sites for hydroxylation is 1. The molecule has 2 aliphatic rings. The summed E-state index contributed by atoms with van der Waals surface area (Å²) in [5.74, 6) is -1.40. The van der Waals surface area contributed by atoms with Gasteiger partial charge in [-0.1, -0.05) is 0 Å². The lowest BCUT2D eigenvalue weighted by Gasteiger charge is -2.54. The van der Waals surface area contributed by atoms with E-state index >= 15 is 0 Å². The van der Waals surface area contributed by atoms with Crippen molar-refractivity contribution in [2.75, 3.05) is 13.1 Å². The van der Waals surface area contributed by atoms with Gasteiger partial charge in [-0.05, 0) is 54.8 Å². The number of ketones is 1. The van der Waals surface area contributed by atoms with Crippen LogP contribution in [0.1, 0.15) is 33.7 Å². The van der Waals surface area contributed by atoms with E-state index in [4.69, 9.17) is 0 Å². The summed E-state index contributed by atoms with van der Waals surface area (Å²) in [5.41, 5.74) is -4.03. The SMILES string of the molecule is Cn1ncc(S(=O)(=O)N2CC[C@@]3(O)Cc4c(cnn4-c4ccc(F)cc4)C[C@]3(C(=O)c3cc(C(F)(F)F)ccn3)C2)n1. The molecule has 42 heavy (non-hydrogen) atoms. The van der Waals surface area contributed by atoms with Gasteiger partial charge in [-0.25, -0.2) is 17.5 Å². The molecular formula is C26H23F4N7O4S. The van der Waals surface area contributed by atoms with Crippen molar-refractivity contribution in [2.45, 2.75) is 36.1 Å². The molecule has 0 radical (unpaired) electrons. The lowest BCUT2D eigenvalue weighted by molar-refractivity contribution is -0.137. The number of nitrogens with zero attached hydrogens (tertiary/aromatic N) is 7. The normalized spacial score (nSPS) is 22.9. The Bertz CT molecular complexity index is 1810. The molecule has 0 bridgehead atoms. The van der Waals surface area contributed by atoms with Crippen molar-refractivity contribution in [3.05, 3.63) is 83.3 Å². The number of carbonyl (C=O) groups excluding carboxylic acids is 1. The van der Waals surface area contributed by atoms with E-state index < -0.39 is 56.6 Å². The van der Waals surface area contributed by atoms with Crippen LogP contribution in [0.15, 0.2) is 60.0 Å². The Morgan fingerprint density at radius 3 is 2.48 bits per heavy atom. The summed E-state index contributed by atoms with van der Waals surface area (Å²) in [7, 11) is -2.87. The van der Waals surface area contributed by atoms with E-state index in [-0.39, 0.29) is 30.8 Å². The third-order valence-corrected chi connectivity index (χ3v) is 9.74. The van der Waals surface area contributed by atoms with Gasteiger partial charge in [0, 0.05) is 32.8 Å². The second kappa shape index (κ2) is 9.50. The number of benzene rings is 1. The summed E-state index contributed by atoms with van der Waals surface area (Å²) < 4.78 is 83.8. The van der Waals surface area contributed by atoms with Crippen LogP contribution >= 0.6 is 0 Å². The number of hydrogen-bond donors (Lipinski definition) is 1. The van der Waals surface area contributed by atoms with Crippen molar-refractivity contribution in [1.82, 2.24) is 34.1 Å². The van der Waals surface area contributed by atoms with Crippen molar-refractivity contribution in [1.29, 1.82) is 0 Å². The van der Waals surface area contributed by atoms with Crippen LogP contribution < -0.4 is 0 Å². The maximum absolute atomic E-state index is 14.3. The number of carbonyl (C=O) groups is 1. The van der Waals surface area contributed by atoms with Crippen LogP contribution in [0.3, 0.4) is 0 Å². The highest BCUT2D eigenvalue weighted by Gasteiger charge is 2.63. The molecule has 1 aromatic carbocycles. The van der Waals surface area contributed by atoms with Crippen LogP contribution in [0.25, 0.3) is 5.69 Å². The number of Topliss-reactive ketones (excluding diaryl/α,β-unsaturated/α-hetero) is 1. The molecule has 0 unspecified atom stereocenters. The van der Waals surface area contributed by atoms with Crippen LogP contribution in [-0.2, 0) is 36.1 Å². The van der Waals surface area contributed by atoms with Crippen LogP contribution in [-0.4, -0.2) is 72.1 Å². The van der Waals surface area contributed by atoms with Crippen LogP contribution in [0.5, 0.6) is 0 Å². The Kier molecular flexibility index (Phi) is 6.36. The van der Waals surface area contributed by atoms with E-state index in [1.165, 1.54) is 42.2 Å². The summed E-state index contributed by atoms with van der Waals surface area (Å²) >= 11 is 0. The molecule has 16 heteroatoms. The number of pyridine rings is 1. The molecule has 1 aliphatic heterocycles. The largest absolute Gasteiger partial charge is 0.416 e. The Labute approximate surface area is 236 Å².